The second kappa shape index (κ2) is 23.6. The number of amides is 4. The van der Waals surface area contributed by atoms with E-state index in [9.17, 15) is 64.5 Å². The maximum absolute atomic E-state index is 16.0. The van der Waals surface area contributed by atoms with Crippen LogP contribution in [0.1, 0.15) is 62.9 Å². The lowest BCUT2D eigenvalue weighted by atomic mass is 9.82. The Balaban J connectivity index is 1.17. The van der Waals surface area contributed by atoms with Gasteiger partial charge in [0.2, 0.25) is 5.91 Å². The zero-order chi connectivity index (χ0) is 57.9. The van der Waals surface area contributed by atoms with Gasteiger partial charge in [-0.2, -0.15) is 40.2 Å². The van der Waals surface area contributed by atoms with E-state index in [0.717, 1.165) is 58.0 Å². The van der Waals surface area contributed by atoms with Gasteiger partial charge in [0.1, 0.15) is 29.5 Å². The number of alkyl carbamates (subject to hydrolysis) is 1. The van der Waals surface area contributed by atoms with Crippen LogP contribution in [0.2, 0.25) is 0 Å². The van der Waals surface area contributed by atoms with E-state index in [-0.39, 0.29) is 21.4 Å². The number of hydrazine groups is 1. The Hall–Kier alpha value is -7.22. The van der Waals surface area contributed by atoms with Crippen LogP contribution < -0.4 is 26.3 Å². The normalized spacial score (nSPS) is 18.5. The van der Waals surface area contributed by atoms with E-state index in [4.69, 9.17) is 4.74 Å². The molecule has 0 radical (unpaired) electrons. The fourth-order valence-corrected chi connectivity index (χ4v) is 9.34. The van der Waals surface area contributed by atoms with Gasteiger partial charge in [-0.3, -0.25) is 19.9 Å². The molecule has 0 saturated carbocycles. The number of piperidine rings is 1. The van der Waals surface area contributed by atoms with Gasteiger partial charge in [0.25, 0.3) is 5.91 Å². The highest BCUT2D eigenvalue weighted by molar-refractivity contribution is 5.87. The fraction of sp³-hybridized carbons (Fsp3) is 0.490. The summed E-state index contributed by atoms with van der Waals surface area (Å²) in [6.07, 6.45) is -12.3. The van der Waals surface area contributed by atoms with Gasteiger partial charge in [-0.1, -0.05) is 24.0 Å². The van der Waals surface area contributed by atoms with E-state index < -0.39 is 115 Å². The van der Waals surface area contributed by atoms with E-state index in [0.29, 0.717) is 74.1 Å². The first-order valence-corrected chi connectivity index (χ1v) is 24.5. The number of alkyl halides is 8. The number of carboxylic acid groups (broad SMARTS) is 1. The van der Waals surface area contributed by atoms with Gasteiger partial charge in [0.05, 0.1) is 55.5 Å². The molecular weight excluding hydrogens is 1070 g/mol. The van der Waals surface area contributed by atoms with Crippen molar-refractivity contribution in [2.24, 2.45) is 10.8 Å². The minimum atomic E-state index is -5.28. The van der Waals surface area contributed by atoms with E-state index >= 15 is 8.78 Å². The fourth-order valence-electron chi connectivity index (χ4n) is 9.34. The number of aliphatic hydroxyl groups excluding tert-OH is 1. The molecule has 2 bridgehead atoms. The van der Waals surface area contributed by atoms with Crippen molar-refractivity contribution in [1.82, 2.24) is 46.0 Å². The Kier molecular flexibility index (Phi) is 17.8. The van der Waals surface area contributed by atoms with Gasteiger partial charge in [0.15, 0.2) is 0 Å². The Labute approximate surface area is 445 Å². The highest BCUT2D eigenvalue weighted by atomic mass is 19.4. The lowest BCUT2D eigenvalue weighted by Crippen LogP contribution is -2.74. The topological polar surface area (TPSA) is 216 Å². The largest absolute Gasteiger partial charge is 0.465 e. The lowest BCUT2D eigenvalue weighted by Gasteiger charge is -2.60. The van der Waals surface area contributed by atoms with E-state index in [1.54, 1.807) is 6.20 Å². The summed E-state index contributed by atoms with van der Waals surface area (Å²) in [6, 6.07) is 5.38. The molecule has 6 atom stereocenters. The maximum Gasteiger partial charge on any atom is 0.407 e. The Morgan fingerprint density at radius 1 is 0.810 bits per heavy atom. The third-order valence-electron chi connectivity index (χ3n) is 14.4. The standard InChI is InChI=1S/C51H56F10N10O8/c1-48(2,50(56,57)58)41(66-47(77)78-5)43(73)64-38(14-28-9-6-27(7-10-28)8-11-29-12-13-40(62-18-29)68-21-32-17-33(22-68)71(32)34-25-79-26-34)39(72)24-69(67-44(74)42(65-46(75)76)49(3,4)51(59,60)61)23-35-36(52)15-30(16-37(35)53)31-19-63-70(20-31)45(54)55/h6-7,9-10,12-13,15-16,18-20,32-34,38-39,41-42,45,65,72H,14,17,21-26H2,1-5H3,(H,64,73)(H,66,77)(H,67,74)(H,75,76). The minimum absolute atomic E-state index is 0.187. The number of nitrogens with one attached hydrogen (secondary N) is 4. The van der Waals surface area contributed by atoms with Crippen LogP contribution in [0.3, 0.4) is 0 Å². The molecule has 8 rings (SSSR count). The zero-order valence-corrected chi connectivity index (χ0v) is 42.9. The molecule has 4 aromatic rings. The predicted molar refractivity (Wildman–Crippen MR) is 260 cm³/mol. The number of ether oxygens (including phenoxy) is 2. The van der Waals surface area contributed by atoms with Crippen molar-refractivity contribution in [3.05, 3.63) is 101 Å². The Morgan fingerprint density at radius 2 is 1.39 bits per heavy atom. The quantitative estimate of drug-likeness (QED) is 0.0354. The van der Waals surface area contributed by atoms with Crippen LogP contribution in [-0.2, 0) is 32.0 Å². The second-order valence-electron chi connectivity index (χ2n) is 20.5. The number of halogens is 10. The third-order valence-corrected chi connectivity index (χ3v) is 14.4. The molecular formula is C51H56F10N10O8. The molecule has 6 N–H and O–H groups in total. The molecule has 4 amide bonds. The number of benzene rings is 2. The Bertz CT molecular complexity index is 2870. The molecule has 4 saturated heterocycles. The molecule has 4 aliphatic heterocycles. The van der Waals surface area contributed by atoms with Gasteiger partial charge in [-0.15, -0.1) is 0 Å². The van der Waals surface area contributed by atoms with Crippen LogP contribution in [0.5, 0.6) is 0 Å². The zero-order valence-electron chi connectivity index (χ0n) is 42.9. The average molecular weight is 1130 g/mol. The van der Waals surface area contributed by atoms with Crippen molar-refractivity contribution < 1.29 is 82.8 Å². The van der Waals surface area contributed by atoms with Gasteiger partial charge in [0, 0.05) is 72.9 Å². The lowest BCUT2D eigenvalue weighted by molar-refractivity contribution is -0.221. The number of nitrogens with zero attached hydrogens (tertiary/aromatic N) is 6. The number of methoxy groups -OCH3 is 1. The van der Waals surface area contributed by atoms with Crippen molar-refractivity contribution in [3.8, 4) is 23.0 Å². The van der Waals surface area contributed by atoms with Crippen molar-refractivity contribution in [1.29, 1.82) is 0 Å². The summed E-state index contributed by atoms with van der Waals surface area (Å²) in [5.41, 5.74) is -4.48. The minimum Gasteiger partial charge on any atom is -0.465 e. The molecule has 6 unspecified atom stereocenters. The molecule has 18 nitrogen and oxygen atoms in total. The van der Waals surface area contributed by atoms with Crippen molar-refractivity contribution >= 4 is 29.8 Å². The number of carbonyl (C=O) groups is 4. The smallest absolute Gasteiger partial charge is 0.407 e. The molecule has 2 aromatic carbocycles. The number of aliphatic hydroxyl groups is 1. The number of carbonyl (C=O) groups excluding carboxylic acids is 3. The van der Waals surface area contributed by atoms with Crippen molar-refractivity contribution in [3.63, 3.8) is 0 Å². The first kappa shape index (κ1) is 59.4. The van der Waals surface area contributed by atoms with Gasteiger partial charge in [-0.25, -0.2) is 33.0 Å². The number of fused-ring (bicyclic) bond motifs is 2. The second-order valence-corrected chi connectivity index (χ2v) is 20.5. The van der Waals surface area contributed by atoms with Crippen molar-refractivity contribution in [2.45, 2.75) is 108 Å². The average Bonchev–Trinajstić information content (AvgIpc) is 4.06. The van der Waals surface area contributed by atoms with Gasteiger partial charge in [-0.05, 0) is 88.1 Å². The predicted octanol–water partition coefficient (Wildman–Crippen LogP) is 6.14. The third kappa shape index (κ3) is 13.6. The molecule has 79 heavy (non-hydrogen) atoms. The number of rotatable bonds is 19. The number of aromatic nitrogens is 3. The van der Waals surface area contributed by atoms with Gasteiger partial charge >= 0.3 is 31.1 Å². The highest BCUT2D eigenvalue weighted by Crippen LogP contribution is 2.42. The molecule has 0 spiro atoms. The van der Waals surface area contributed by atoms with Crippen LogP contribution in [0.25, 0.3) is 11.1 Å². The summed E-state index contributed by atoms with van der Waals surface area (Å²) in [5, 5.41) is 30.9. The first-order chi connectivity index (χ1) is 37.0. The van der Waals surface area contributed by atoms with Crippen LogP contribution in [0.4, 0.5) is 59.3 Å². The summed E-state index contributed by atoms with van der Waals surface area (Å²) in [4.78, 5) is 61.4. The number of hydrogen-bond acceptors (Lipinski definition) is 12. The summed E-state index contributed by atoms with van der Waals surface area (Å²) in [6.45, 7) is -0.201. The Morgan fingerprint density at radius 3 is 1.90 bits per heavy atom. The first-order valence-electron chi connectivity index (χ1n) is 24.5. The van der Waals surface area contributed by atoms with E-state index in [2.05, 4.69) is 41.8 Å². The van der Waals surface area contributed by atoms with Gasteiger partial charge < -0.3 is 40.5 Å². The summed E-state index contributed by atoms with van der Waals surface area (Å²) >= 11 is 0. The number of hydrogen-bond donors (Lipinski definition) is 6. The summed E-state index contributed by atoms with van der Waals surface area (Å²) < 4.78 is 155. The molecule has 428 valence electrons. The van der Waals surface area contributed by atoms with Crippen LogP contribution in [0, 0.1) is 34.3 Å². The molecule has 4 aliphatic rings. The van der Waals surface area contributed by atoms with Crippen LogP contribution >= 0.6 is 0 Å². The SMILES string of the molecule is COC(=O)NC(C(=O)NC(Cc1ccc(C#Cc2ccc(N3CC4CC(C3)N4C3COC3)nc2)cc1)C(O)CN(Cc1c(F)cc(-c2cnn(C(F)F)c2)cc1F)NC(=O)C(NC(=O)O)C(C)(C)C(F)(F)F)C(C)(C)C(F)(F)F. The van der Waals surface area contributed by atoms with Crippen LogP contribution in [0.15, 0.2) is 67.1 Å². The molecule has 0 aliphatic carbocycles. The van der Waals surface area contributed by atoms with E-state index in [1.807, 2.05) is 22.9 Å². The molecule has 28 heteroatoms. The number of anilines is 1. The maximum atomic E-state index is 16.0. The van der Waals surface area contributed by atoms with Crippen LogP contribution in [-0.4, -0.2) is 154 Å². The van der Waals surface area contributed by atoms with E-state index in [1.165, 1.54) is 29.6 Å². The monoisotopic (exact) mass is 1130 g/mol. The number of pyridine rings is 1. The molecule has 2 aromatic heterocycles. The summed E-state index contributed by atoms with van der Waals surface area (Å²) in [7, 11) is 0.811. The highest BCUT2D eigenvalue weighted by Gasteiger charge is 2.57. The molecule has 6 heterocycles. The summed E-state index contributed by atoms with van der Waals surface area (Å²) in [5.74, 6) is 0.605. The van der Waals surface area contributed by atoms with Crippen molar-refractivity contribution in [2.75, 3.05) is 44.9 Å². The number of piperazine rings is 1. The molecule has 4 fully saturated rings.